The van der Waals surface area contributed by atoms with Crippen molar-refractivity contribution in [1.82, 2.24) is 9.29 Å². The number of nitrogens with zero attached hydrogens (tertiary/aromatic N) is 2. The van der Waals surface area contributed by atoms with E-state index in [2.05, 4.69) is 10.3 Å². The molecular formula is C12H20ClN3O2S. The van der Waals surface area contributed by atoms with Gasteiger partial charge in [-0.3, -0.25) is 0 Å². The Kier molecular flexibility index (Phi) is 5.58. The van der Waals surface area contributed by atoms with Gasteiger partial charge in [-0.2, -0.15) is 4.31 Å². The van der Waals surface area contributed by atoms with Crippen LogP contribution in [0.2, 0.25) is 5.02 Å². The molecule has 0 bridgehead atoms. The molecule has 1 heterocycles. The Morgan fingerprint density at radius 2 is 2.11 bits per heavy atom. The molecule has 0 spiro atoms. The summed E-state index contributed by atoms with van der Waals surface area (Å²) in [6.45, 7) is 6.38. The first kappa shape index (κ1) is 16.2. The molecule has 0 aromatic carbocycles. The molecule has 0 fully saturated rings. The van der Waals surface area contributed by atoms with Crippen LogP contribution < -0.4 is 5.32 Å². The topological polar surface area (TPSA) is 62.3 Å². The Hall–Kier alpha value is -0.850. The average Bonchev–Trinajstić information content (AvgIpc) is 2.36. The summed E-state index contributed by atoms with van der Waals surface area (Å²) in [5.74, 6) is 0.509. The van der Waals surface area contributed by atoms with E-state index in [0.29, 0.717) is 10.8 Å². The maximum atomic E-state index is 12.3. The molecule has 0 amide bonds. The molecule has 19 heavy (non-hydrogen) atoms. The highest BCUT2D eigenvalue weighted by molar-refractivity contribution is 7.89. The number of aromatic nitrogens is 1. The van der Waals surface area contributed by atoms with Crippen molar-refractivity contribution in [3.63, 3.8) is 0 Å². The molecule has 0 aliphatic carbocycles. The number of anilines is 1. The average molecular weight is 306 g/mol. The molecule has 1 N–H and O–H groups in total. The third-order valence-corrected chi connectivity index (χ3v) is 5.05. The summed E-state index contributed by atoms with van der Waals surface area (Å²) in [6.07, 6.45) is 2.27. The number of pyridine rings is 1. The van der Waals surface area contributed by atoms with Crippen molar-refractivity contribution >= 4 is 27.4 Å². The van der Waals surface area contributed by atoms with Crippen LogP contribution in [-0.2, 0) is 10.0 Å². The molecule has 0 saturated carbocycles. The van der Waals surface area contributed by atoms with Crippen molar-refractivity contribution in [2.24, 2.45) is 0 Å². The Morgan fingerprint density at radius 1 is 1.47 bits per heavy atom. The molecule has 0 atom stereocenters. The molecule has 0 radical (unpaired) electrons. The first-order chi connectivity index (χ1) is 8.80. The van der Waals surface area contributed by atoms with Gasteiger partial charge >= 0.3 is 0 Å². The fraction of sp³-hybridized carbons (Fsp3) is 0.583. The van der Waals surface area contributed by atoms with E-state index in [4.69, 9.17) is 11.6 Å². The summed E-state index contributed by atoms with van der Waals surface area (Å²) in [5.41, 5.74) is 0. The van der Waals surface area contributed by atoms with Crippen molar-refractivity contribution in [2.75, 3.05) is 18.9 Å². The highest BCUT2D eigenvalue weighted by atomic mass is 35.5. The van der Waals surface area contributed by atoms with Gasteiger partial charge in [0.05, 0.1) is 5.02 Å². The van der Waals surface area contributed by atoms with Crippen LogP contribution in [0.15, 0.2) is 17.2 Å². The lowest BCUT2D eigenvalue weighted by Gasteiger charge is -2.21. The van der Waals surface area contributed by atoms with Crippen LogP contribution >= 0.6 is 11.6 Å². The lowest BCUT2D eigenvalue weighted by atomic mass is 10.4. The second-order valence-corrected chi connectivity index (χ2v) is 6.95. The summed E-state index contributed by atoms with van der Waals surface area (Å²) < 4.78 is 25.8. The maximum absolute atomic E-state index is 12.3. The minimum Gasteiger partial charge on any atom is -0.369 e. The summed E-state index contributed by atoms with van der Waals surface area (Å²) in [4.78, 5) is 4.18. The Balaban J connectivity index is 3.07. The molecule has 108 valence electrons. The van der Waals surface area contributed by atoms with Crippen LogP contribution in [0.25, 0.3) is 0 Å². The highest BCUT2D eigenvalue weighted by Crippen LogP contribution is 2.24. The molecule has 5 nitrogen and oxygen atoms in total. The molecule has 7 heteroatoms. The minimum atomic E-state index is -3.54. The molecule has 0 aliphatic rings. The van der Waals surface area contributed by atoms with E-state index in [9.17, 15) is 8.42 Å². The molecule has 0 unspecified atom stereocenters. The van der Waals surface area contributed by atoms with Crippen molar-refractivity contribution in [3.8, 4) is 0 Å². The number of nitrogens with one attached hydrogen (secondary N) is 1. The zero-order chi connectivity index (χ0) is 14.6. The number of hydrogen-bond acceptors (Lipinski definition) is 4. The first-order valence-electron chi connectivity index (χ1n) is 6.18. The van der Waals surface area contributed by atoms with E-state index in [1.54, 1.807) is 0 Å². The standard InChI is InChI=1S/C12H20ClN3O2S/c1-5-6-14-12-11(13)7-10(8-15-12)19(17,18)16(4)9(2)3/h7-9H,5-6H2,1-4H3,(H,14,15). The summed E-state index contributed by atoms with van der Waals surface area (Å²) >= 11 is 6.05. The van der Waals surface area contributed by atoms with E-state index >= 15 is 0 Å². The Bertz CT molecular complexity index is 532. The predicted octanol–water partition coefficient (Wildman–Crippen LogP) is 2.59. The Labute approximate surface area is 120 Å². The van der Waals surface area contributed by atoms with Crippen LogP contribution in [0, 0.1) is 0 Å². The summed E-state index contributed by atoms with van der Waals surface area (Å²) in [7, 11) is -2.00. The van der Waals surface area contributed by atoms with Gasteiger partial charge in [0.15, 0.2) is 0 Å². The van der Waals surface area contributed by atoms with Crippen LogP contribution in [0.4, 0.5) is 5.82 Å². The van der Waals surface area contributed by atoms with E-state index in [-0.39, 0.29) is 10.9 Å². The highest BCUT2D eigenvalue weighted by Gasteiger charge is 2.24. The maximum Gasteiger partial charge on any atom is 0.244 e. The fourth-order valence-electron chi connectivity index (χ4n) is 1.38. The van der Waals surface area contributed by atoms with E-state index < -0.39 is 10.0 Å². The van der Waals surface area contributed by atoms with Gasteiger partial charge in [0.25, 0.3) is 0 Å². The van der Waals surface area contributed by atoms with Crippen molar-refractivity contribution < 1.29 is 8.42 Å². The smallest absolute Gasteiger partial charge is 0.244 e. The lowest BCUT2D eigenvalue weighted by molar-refractivity contribution is 0.410. The zero-order valence-electron chi connectivity index (χ0n) is 11.6. The largest absolute Gasteiger partial charge is 0.369 e. The van der Waals surface area contributed by atoms with Gasteiger partial charge in [-0.05, 0) is 26.3 Å². The number of halogens is 1. The van der Waals surface area contributed by atoms with Gasteiger partial charge in [0.2, 0.25) is 10.0 Å². The van der Waals surface area contributed by atoms with Crippen molar-refractivity contribution in [2.45, 2.75) is 38.1 Å². The lowest BCUT2D eigenvalue weighted by Crippen LogP contribution is -2.33. The fourth-order valence-corrected chi connectivity index (χ4v) is 3.02. The monoisotopic (exact) mass is 305 g/mol. The summed E-state index contributed by atoms with van der Waals surface area (Å²) in [6, 6.07) is 1.31. The van der Waals surface area contributed by atoms with Crippen molar-refractivity contribution in [1.29, 1.82) is 0 Å². The molecule has 1 rings (SSSR count). The second kappa shape index (κ2) is 6.54. The first-order valence-corrected chi connectivity index (χ1v) is 8.00. The van der Waals surface area contributed by atoms with Gasteiger partial charge in [-0.1, -0.05) is 18.5 Å². The Morgan fingerprint density at radius 3 is 2.58 bits per heavy atom. The number of hydrogen-bond donors (Lipinski definition) is 1. The van der Waals surface area contributed by atoms with E-state index in [0.717, 1.165) is 13.0 Å². The van der Waals surface area contributed by atoms with Crippen LogP contribution in [0.3, 0.4) is 0 Å². The number of sulfonamides is 1. The predicted molar refractivity (Wildman–Crippen MR) is 78.1 cm³/mol. The third kappa shape index (κ3) is 3.81. The van der Waals surface area contributed by atoms with Crippen LogP contribution in [0.5, 0.6) is 0 Å². The molecule has 1 aromatic rings. The molecule has 0 saturated heterocycles. The van der Waals surface area contributed by atoms with Crippen molar-refractivity contribution in [3.05, 3.63) is 17.3 Å². The molecule has 0 aliphatic heterocycles. The quantitative estimate of drug-likeness (QED) is 0.877. The second-order valence-electron chi connectivity index (χ2n) is 4.54. The van der Waals surface area contributed by atoms with Gasteiger partial charge < -0.3 is 5.32 Å². The van der Waals surface area contributed by atoms with Crippen LogP contribution in [-0.4, -0.2) is 37.3 Å². The van der Waals surface area contributed by atoms with E-state index in [1.807, 2.05) is 20.8 Å². The normalized spacial score (nSPS) is 12.2. The van der Waals surface area contributed by atoms with Gasteiger partial charge in [0, 0.05) is 25.8 Å². The molecular weight excluding hydrogens is 286 g/mol. The minimum absolute atomic E-state index is 0.107. The van der Waals surface area contributed by atoms with E-state index in [1.165, 1.54) is 23.6 Å². The van der Waals surface area contributed by atoms with Crippen LogP contribution in [0.1, 0.15) is 27.2 Å². The SMILES string of the molecule is CCCNc1ncc(S(=O)(=O)N(C)C(C)C)cc1Cl. The summed E-state index contributed by atoms with van der Waals surface area (Å²) in [5, 5.41) is 3.35. The zero-order valence-corrected chi connectivity index (χ0v) is 13.2. The van der Waals surface area contributed by atoms with Gasteiger partial charge in [0.1, 0.15) is 10.7 Å². The van der Waals surface area contributed by atoms with Gasteiger partial charge in [-0.25, -0.2) is 13.4 Å². The third-order valence-electron chi connectivity index (χ3n) is 2.76. The van der Waals surface area contributed by atoms with Gasteiger partial charge in [-0.15, -0.1) is 0 Å². The number of rotatable bonds is 6. The molecule has 1 aromatic heterocycles.